The van der Waals surface area contributed by atoms with E-state index < -0.39 is 21.9 Å². The largest absolute Gasteiger partial charge is 0.436 e. The molecule has 0 radical (unpaired) electrons. The molecule has 34 heavy (non-hydrogen) atoms. The second-order valence-electron chi connectivity index (χ2n) is 8.72. The molecule has 1 atom stereocenters. The maximum atomic E-state index is 13.4. The Morgan fingerprint density at radius 2 is 1.97 bits per heavy atom. The summed E-state index contributed by atoms with van der Waals surface area (Å²) in [4.78, 5) is 6.45. The smallest absolute Gasteiger partial charge is 0.253 e. The van der Waals surface area contributed by atoms with Crippen LogP contribution in [0.25, 0.3) is 11.0 Å². The van der Waals surface area contributed by atoms with E-state index in [2.05, 4.69) is 20.2 Å². The number of hydrogen-bond acceptors (Lipinski definition) is 7. The first-order valence-electron chi connectivity index (χ1n) is 10.8. The molecule has 0 N–H and O–H groups in total. The highest BCUT2D eigenvalue weighted by atomic mass is 35.5. The molecule has 1 aliphatic heterocycles. The number of aromatic nitrogens is 4. The minimum Gasteiger partial charge on any atom is -0.436 e. The molecular weight excluding hydrogens is 490 g/mol. The van der Waals surface area contributed by atoms with Gasteiger partial charge < -0.3 is 4.74 Å². The second-order valence-corrected chi connectivity index (χ2v) is 11.1. The predicted molar refractivity (Wildman–Crippen MR) is 122 cm³/mol. The number of alkyl halides is 2. The number of piperazine rings is 1. The lowest BCUT2D eigenvalue weighted by Crippen LogP contribution is -2.47. The van der Waals surface area contributed by atoms with Crippen molar-refractivity contribution < 1.29 is 21.9 Å². The molecule has 1 aromatic carbocycles. The summed E-state index contributed by atoms with van der Waals surface area (Å²) in [6.07, 6.45) is 2.55. The number of sulfonamides is 1. The van der Waals surface area contributed by atoms with Gasteiger partial charge in [-0.25, -0.2) is 26.9 Å². The minimum absolute atomic E-state index is 0.0941. The summed E-state index contributed by atoms with van der Waals surface area (Å²) in [5.74, 6) is -2.62. The Hall–Kier alpha value is -2.41. The van der Waals surface area contributed by atoms with E-state index in [9.17, 15) is 17.2 Å². The Labute approximate surface area is 200 Å². The van der Waals surface area contributed by atoms with E-state index in [0.29, 0.717) is 60.4 Å². The van der Waals surface area contributed by atoms with Gasteiger partial charge in [0.05, 0.1) is 23.3 Å². The molecule has 182 valence electrons. The Kier molecular flexibility index (Phi) is 5.95. The molecule has 3 aromatic rings. The second kappa shape index (κ2) is 8.67. The maximum Gasteiger partial charge on any atom is 0.253 e. The fourth-order valence-corrected chi connectivity index (χ4v) is 5.11. The highest BCUT2D eigenvalue weighted by Crippen LogP contribution is 2.49. The quantitative estimate of drug-likeness (QED) is 0.480. The van der Waals surface area contributed by atoms with Crippen molar-refractivity contribution in [3.05, 3.63) is 41.0 Å². The first kappa shape index (κ1) is 23.3. The molecule has 0 amide bonds. The normalized spacial score (nSPS) is 21.1. The zero-order valence-electron chi connectivity index (χ0n) is 18.4. The van der Waals surface area contributed by atoms with Crippen molar-refractivity contribution in [3.8, 4) is 11.6 Å². The molecule has 9 nitrogen and oxygen atoms in total. The summed E-state index contributed by atoms with van der Waals surface area (Å²) in [5.41, 5.74) is 1.80. The molecule has 13 heteroatoms. The summed E-state index contributed by atoms with van der Waals surface area (Å²) in [6.45, 7) is 2.51. The standard InChI is InChI=1S/C21H23ClF2N6O3S/c1-34(31,32)29-7-5-28(6-8-29)12-14-9-16(22)11-25-20(14)33-18-4-2-3-17-19(18)26-27-30(17)13-15-10-21(15,23)24/h2-4,9,11,15H,5-8,10,12-13H2,1H3. The van der Waals surface area contributed by atoms with Crippen LogP contribution in [0.4, 0.5) is 8.78 Å². The molecule has 2 aromatic heterocycles. The van der Waals surface area contributed by atoms with Gasteiger partial charge in [0.1, 0.15) is 0 Å². The summed E-state index contributed by atoms with van der Waals surface area (Å²) in [7, 11) is -3.21. The molecule has 2 fully saturated rings. The first-order valence-corrected chi connectivity index (χ1v) is 13.0. The molecule has 1 saturated carbocycles. The minimum atomic E-state index is -3.21. The van der Waals surface area contributed by atoms with Crippen LogP contribution in [-0.4, -0.2) is 76.0 Å². The number of hydrogen-bond donors (Lipinski definition) is 0. The summed E-state index contributed by atoms with van der Waals surface area (Å²) < 4.78 is 59.3. The van der Waals surface area contributed by atoms with Gasteiger partial charge in [-0.15, -0.1) is 5.10 Å². The fourth-order valence-electron chi connectivity index (χ4n) is 4.10. The van der Waals surface area contributed by atoms with Crippen molar-refractivity contribution in [2.75, 3.05) is 32.4 Å². The van der Waals surface area contributed by atoms with Crippen molar-refractivity contribution in [3.63, 3.8) is 0 Å². The molecule has 0 bridgehead atoms. The number of benzene rings is 1. The monoisotopic (exact) mass is 512 g/mol. The van der Waals surface area contributed by atoms with E-state index in [1.807, 2.05) is 0 Å². The van der Waals surface area contributed by atoms with Crippen LogP contribution in [-0.2, 0) is 23.1 Å². The Morgan fingerprint density at radius 3 is 2.65 bits per heavy atom. The summed E-state index contributed by atoms with van der Waals surface area (Å²) in [5, 5.41) is 8.65. The molecule has 5 rings (SSSR count). The Bertz CT molecular complexity index is 1330. The van der Waals surface area contributed by atoms with Crippen LogP contribution in [0.3, 0.4) is 0 Å². The Balaban J connectivity index is 1.35. The third-order valence-electron chi connectivity index (χ3n) is 6.15. The average molecular weight is 513 g/mol. The third-order valence-corrected chi connectivity index (χ3v) is 7.66. The van der Waals surface area contributed by atoms with Crippen molar-refractivity contribution >= 4 is 32.7 Å². The molecule has 1 saturated heterocycles. The number of pyridine rings is 1. The number of rotatable bonds is 7. The maximum absolute atomic E-state index is 13.4. The summed E-state index contributed by atoms with van der Waals surface area (Å²) >= 11 is 6.19. The molecule has 1 unspecified atom stereocenters. The van der Waals surface area contributed by atoms with Gasteiger partial charge in [-0.3, -0.25) is 4.90 Å². The van der Waals surface area contributed by atoms with Crippen LogP contribution in [0.15, 0.2) is 30.5 Å². The van der Waals surface area contributed by atoms with Crippen molar-refractivity contribution in [1.29, 1.82) is 0 Å². The van der Waals surface area contributed by atoms with Crippen LogP contribution < -0.4 is 4.74 Å². The predicted octanol–water partition coefficient (Wildman–Crippen LogP) is 3.00. The lowest BCUT2D eigenvalue weighted by atomic mass is 10.2. The molecular formula is C21H23ClF2N6O3S. The average Bonchev–Trinajstić information content (AvgIpc) is 3.17. The van der Waals surface area contributed by atoms with Crippen molar-refractivity contribution in [2.24, 2.45) is 5.92 Å². The van der Waals surface area contributed by atoms with Gasteiger partial charge in [0.2, 0.25) is 15.9 Å². The van der Waals surface area contributed by atoms with Gasteiger partial charge in [-0.2, -0.15) is 4.31 Å². The molecule has 2 aliphatic rings. The van der Waals surface area contributed by atoms with Crippen LogP contribution in [0.2, 0.25) is 5.02 Å². The first-order chi connectivity index (χ1) is 16.1. The fraction of sp³-hybridized carbons (Fsp3) is 0.476. The van der Waals surface area contributed by atoms with E-state index in [0.717, 1.165) is 5.56 Å². The van der Waals surface area contributed by atoms with Crippen LogP contribution in [0.1, 0.15) is 12.0 Å². The SMILES string of the molecule is CS(=O)(=O)N1CCN(Cc2cc(Cl)cnc2Oc2cccc3c2nnn3CC2CC2(F)F)CC1. The third kappa shape index (κ3) is 4.85. The van der Waals surface area contributed by atoms with Crippen LogP contribution >= 0.6 is 11.6 Å². The van der Waals surface area contributed by atoms with E-state index in [-0.39, 0.29) is 13.0 Å². The highest BCUT2D eigenvalue weighted by Gasteiger charge is 2.57. The van der Waals surface area contributed by atoms with Crippen molar-refractivity contribution in [2.45, 2.75) is 25.4 Å². The van der Waals surface area contributed by atoms with Crippen molar-refractivity contribution in [1.82, 2.24) is 29.2 Å². The van der Waals surface area contributed by atoms with Gasteiger partial charge in [0.15, 0.2) is 11.3 Å². The highest BCUT2D eigenvalue weighted by molar-refractivity contribution is 7.88. The van der Waals surface area contributed by atoms with E-state index in [1.165, 1.54) is 21.4 Å². The van der Waals surface area contributed by atoms with E-state index in [4.69, 9.17) is 16.3 Å². The number of halogens is 3. The van der Waals surface area contributed by atoms with Gasteiger partial charge in [-0.1, -0.05) is 22.9 Å². The topological polar surface area (TPSA) is 93.5 Å². The number of ether oxygens (including phenoxy) is 1. The van der Waals surface area contributed by atoms with E-state index >= 15 is 0 Å². The molecule has 1 aliphatic carbocycles. The van der Waals surface area contributed by atoms with Gasteiger partial charge in [0, 0.05) is 56.8 Å². The Morgan fingerprint density at radius 1 is 1.24 bits per heavy atom. The van der Waals surface area contributed by atoms with Gasteiger partial charge in [-0.05, 0) is 18.2 Å². The lowest BCUT2D eigenvalue weighted by molar-refractivity contribution is 0.0944. The van der Waals surface area contributed by atoms with Crippen LogP contribution in [0.5, 0.6) is 11.6 Å². The van der Waals surface area contributed by atoms with Gasteiger partial charge >= 0.3 is 0 Å². The molecule has 0 spiro atoms. The van der Waals surface area contributed by atoms with E-state index in [1.54, 1.807) is 24.3 Å². The number of fused-ring (bicyclic) bond motifs is 1. The zero-order valence-corrected chi connectivity index (χ0v) is 19.9. The van der Waals surface area contributed by atoms with Crippen LogP contribution in [0, 0.1) is 5.92 Å². The van der Waals surface area contributed by atoms with Gasteiger partial charge in [0.25, 0.3) is 5.92 Å². The lowest BCUT2D eigenvalue weighted by Gasteiger charge is -2.33. The zero-order chi connectivity index (χ0) is 24.1. The number of nitrogens with zero attached hydrogens (tertiary/aromatic N) is 6. The summed E-state index contributed by atoms with van der Waals surface area (Å²) in [6, 6.07) is 7.00. The molecule has 3 heterocycles.